The van der Waals surface area contributed by atoms with Crippen molar-refractivity contribution >= 4 is 37.5 Å². The third kappa shape index (κ3) is 3.44. The zero-order valence-electron chi connectivity index (χ0n) is 9.40. The molecule has 0 bridgehead atoms. The van der Waals surface area contributed by atoms with E-state index in [4.69, 9.17) is 5.73 Å². The molecule has 0 atom stereocenters. The Bertz CT molecular complexity index is 540. The Balaban J connectivity index is 2.95. The van der Waals surface area contributed by atoms with E-state index >= 15 is 0 Å². The highest BCUT2D eigenvalue weighted by atomic mass is 79.9. The second-order valence-electron chi connectivity index (χ2n) is 3.76. The van der Waals surface area contributed by atoms with E-state index in [2.05, 4.69) is 15.9 Å². The summed E-state index contributed by atoms with van der Waals surface area (Å²) in [6, 6.07) is 4.49. The number of rotatable bonds is 3. The van der Waals surface area contributed by atoms with Gasteiger partial charge >= 0.3 is 0 Å². The van der Waals surface area contributed by atoms with Gasteiger partial charge < -0.3 is 5.73 Å². The molecule has 0 aromatic heterocycles. The minimum Gasteiger partial charge on any atom is -0.398 e. The van der Waals surface area contributed by atoms with E-state index in [0.717, 1.165) is 0 Å². The lowest BCUT2D eigenvalue weighted by Crippen LogP contribution is -2.35. The van der Waals surface area contributed by atoms with Gasteiger partial charge in [0, 0.05) is 15.7 Å². The third-order valence-electron chi connectivity index (χ3n) is 2.11. The zero-order chi connectivity index (χ0) is 13.2. The maximum atomic E-state index is 11.7. The van der Waals surface area contributed by atoms with E-state index in [9.17, 15) is 13.2 Å². The summed E-state index contributed by atoms with van der Waals surface area (Å²) in [6.07, 6.45) is 0. The summed E-state index contributed by atoms with van der Waals surface area (Å²) < 4.78 is 25.6. The molecule has 0 fully saturated rings. The molecule has 17 heavy (non-hydrogen) atoms. The lowest BCUT2D eigenvalue weighted by atomic mass is 10.2. The minimum atomic E-state index is -3.62. The van der Waals surface area contributed by atoms with Crippen molar-refractivity contribution in [1.29, 1.82) is 0 Å². The first-order chi connectivity index (χ1) is 7.74. The molecule has 94 valence electrons. The Labute approximate surface area is 109 Å². The van der Waals surface area contributed by atoms with Gasteiger partial charge in [0.05, 0.1) is 5.25 Å². The van der Waals surface area contributed by atoms with Gasteiger partial charge in [-0.15, -0.1) is 0 Å². The van der Waals surface area contributed by atoms with Gasteiger partial charge in [0.15, 0.2) is 0 Å². The number of hydrogen-bond donors (Lipinski definition) is 2. The van der Waals surface area contributed by atoms with E-state index in [0.29, 0.717) is 10.2 Å². The maximum Gasteiger partial charge on any atom is 0.264 e. The standard InChI is InChI=1S/C10H13BrN2O3S/c1-6(2)17(15,16)13-10(14)7-3-4-8(11)9(12)5-7/h3-6H,12H2,1-2H3,(H,13,14). The number of halogens is 1. The molecule has 1 aromatic rings. The second kappa shape index (κ2) is 5.05. The van der Waals surface area contributed by atoms with Crippen LogP contribution >= 0.6 is 15.9 Å². The van der Waals surface area contributed by atoms with Gasteiger partial charge in [-0.2, -0.15) is 0 Å². The van der Waals surface area contributed by atoms with Crippen LogP contribution < -0.4 is 10.5 Å². The molecule has 7 heteroatoms. The number of carbonyl (C=O) groups excluding carboxylic acids is 1. The highest BCUT2D eigenvalue weighted by molar-refractivity contribution is 9.10. The topological polar surface area (TPSA) is 89.3 Å². The molecule has 5 nitrogen and oxygen atoms in total. The van der Waals surface area contributed by atoms with Crippen LogP contribution in [0, 0.1) is 0 Å². The number of sulfonamides is 1. The van der Waals surface area contributed by atoms with Gasteiger partial charge in [-0.25, -0.2) is 13.1 Å². The maximum absolute atomic E-state index is 11.7. The molecule has 1 aromatic carbocycles. The molecule has 0 spiro atoms. The van der Waals surface area contributed by atoms with Gasteiger partial charge in [0.25, 0.3) is 5.91 Å². The van der Waals surface area contributed by atoms with Crippen molar-refractivity contribution in [3.63, 3.8) is 0 Å². The third-order valence-corrected chi connectivity index (χ3v) is 4.55. The summed E-state index contributed by atoms with van der Waals surface area (Å²) in [5.74, 6) is -0.683. The number of anilines is 1. The average molecular weight is 321 g/mol. The predicted octanol–water partition coefficient (Wildman–Crippen LogP) is 1.50. The number of nitrogens with one attached hydrogen (secondary N) is 1. The van der Waals surface area contributed by atoms with Crippen LogP contribution in [-0.2, 0) is 10.0 Å². The van der Waals surface area contributed by atoms with Gasteiger partial charge in [-0.05, 0) is 48.0 Å². The minimum absolute atomic E-state index is 0.204. The van der Waals surface area contributed by atoms with Crippen LogP contribution in [0.2, 0.25) is 0 Å². The smallest absolute Gasteiger partial charge is 0.264 e. The summed E-state index contributed by atoms with van der Waals surface area (Å²) in [6.45, 7) is 2.98. The summed E-state index contributed by atoms with van der Waals surface area (Å²) in [5.41, 5.74) is 6.18. The molecule has 0 saturated heterocycles. The predicted molar refractivity (Wildman–Crippen MR) is 70.1 cm³/mol. The fraction of sp³-hybridized carbons (Fsp3) is 0.300. The lowest BCUT2D eigenvalue weighted by Gasteiger charge is -2.10. The largest absolute Gasteiger partial charge is 0.398 e. The molecule has 0 aliphatic carbocycles. The first kappa shape index (κ1) is 14.0. The fourth-order valence-electron chi connectivity index (χ4n) is 0.991. The van der Waals surface area contributed by atoms with Crippen LogP contribution in [-0.4, -0.2) is 19.6 Å². The molecular formula is C10H13BrN2O3S. The van der Waals surface area contributed by atoms with E-state index in [-0.39, 0.29) is 5.56 Å². The van der Waals surface area contributed by atoms with Crippen LogP contribution in [0.4, 0.5) is 5.69 Å². The van der Waals surface area contributed by atoms with Gasteiger partial charge in [0.2, 0.25) is 10.0 Å². The Morgan fingerprint density at radius 1 is 1.41 bits per heavy atom. The number of benzene rings is 1. The fourth-order valence-corrected chi connectivity index (χ4v) is 1.85. The Morgan fingerprint density at radius 3 is 2.47 bits per heavy atom. The summed E-state index contributed by atoms with van der Waals surface area (Å²) in [4.78, 5) is 11.7. The number of hydrogen-bond acceptors (Lipinski definition) is 4. The van der Waals surface area contributed by atoms with Crippen molar-refractivity contribution in [1.82, 2.24) is 4.72 Å². The van der Waals surface area contributed by atoms with E-state index in [1.807, 2.05) is 4.72 Å². The van der Waals surface area contributed by atoms with E-state index in [1.165, 1.54) is 26.0 Å². The first-order valence-corrected chi connectivity index (χ1v) is 7.19. The quantitative estimate of drug-likeness (QED) is 0.826. The molecule has 0 aliphatic heterocycles. The molecule has 0 unspecified atom stereocenters. The Hall–Kier alpha value is -1.08. The van der Waals surface area contributed by atoms with E-state index < -0.39 is 21.2 Å². The summed E-state index contributed by atoms with van der Waals surface area (Å²) >= 11 is 3.19. The molecule has 0 heterocycles. The molecule has 1 amide bonds. The van der Waals surface area contributed by atoms with Crippen molar-refractivity contribution in [3.8, 4) is 0 Å². The highest BCUT2D eigenvalue weighted by Crippen LogP contribution is 2.20. The average Bonchev–Trinajstić information content (AvgIpc) is 2.21. The summed E-state index contributed by atoms with van der Waals surface area (Å²) in [7, 11) is -3.62. The first-order valence-electron chi connectivity index (χ1n) is 4.85. The zero-order valence-corrected chi connectivity index (χ0v) is 11.8. The van der Waals surface area contributed by atoms with Crippen molar-refractivity contribution in [2.45, 2.75) is 19.1 Å². The number of nitrogens with two attached hydrogens (primary N) is 1. The van der Waals surface area contributed by atoms with E-state index in [1.54, 1.807) is 6.07 Å². The lowest BCUT2D eigenvalue weighted by molar-refractivity contribution is 0.0981. The van der Waals surface area contributed by atoms with Crippen LogP contribution in [0.25, 0.3) is 0 Å². The molecule has 3 N–H and O–H groups in total. The van der Waals surface area contributed by atoms with Crippen molar-refractivity contribution < 1.29 is 13.2 Å². The summed E-state index contributed by atoms with van der Waals surface area (Å²) in [5, 5.41) is -0.667. The van der Waals surface area contributed by atoms with Crippen LogP contribution in [0.15, 0.2) is 22.7 Å². The van der Waals surface area contributed by atoms with Crippen LogP contribution in [0.1, 0.15) is 24.2 Å². The van der Waals surface area contributed by atoms with Gasteiger partial charge in [0.1, 0.15) is 0 Å². The normalized spacial score (nSPS) is 11.5. The Morgan fingerprint density at radius 2 is 2.00 bits per heavy atom. The van der Waals surface area contributed by atoms with Crippen LogP contribution in [0.5, 0.6) is 0 Å². The highest BCUT2D eigenvalue weighted by Gasteiger charge is 2.20. The SMILES string of the molecule is CC(C)S(=O)(=O)NC(=O)c1ccc(Br)c(N)c1. The van der Waals surface area contributed by atoms with Crippen molar-refractivity contribution in [3.05, 3.63) is 28.2 Å². The second-order valence-corrected chi connectivity index (χ2v) is 6.85. The van der Waals surface area contributed by atoms with Crippen LogP contribution in [0.3, 0.4) is 0 Å². The number of carbonyl (C=O) groups is 1. The monoisotopic (exact) mass is 320 g/mol. The molecule has 0 aliphatic rings. The molecule has 1 rings (SSSR count). The number of amides is 1. The van der Waals surface area contributed by atoms with Gasteiger partial charge in [-0.3, -0.25) is 4.79 Å². The number of nitrogen functional groups attached to an aromatic ring is 1. The van der Waals surface area contributed by atoms with Gasteiger partial charge in [-0.1, -0.05) is 0 Å². The van der Waals surface area contributed by atoms with Crippen molar-refractivity contribution in [2.24, 2.45) is 0 Å². The molecular weight excluding hydrogens is 308 g/mol. The molecule has 0 saturated carbocycles. The van der Waals surface area contributed by atoms with Crippen molar-refractivity contribution in [2.75, 3.05) is 5.73 Å². The molecule has 0 radical (unpaired) electrons. The Kier molecular flexibility index (Phi) is 4.16.